The van der Waals surface area contributed by atoms with Crippen molar-refractivity contribution in [3.05, 3.63) is 59.9 Å². The Morgan fingerprint density at radius 1 is 1.00 bits per heavy atom. The van der Waals surface area contributed by atoms with Gasteiger partial charge in [-0.25, -0.2) is 4.39 Å². The lowest BCUT2D eigenvalue weighted by Crippen LogP contribution is -1.93. The van der Waals surface area contributed by atoms with Gasteiger partial charge in [0.15, 0.2) is 0 Å². The standard InChI is InChI=1S/C13H8ClFO/c14-13(16)12-4-2-1-3-11(12)9-5-7-10(15)8-6-9/h1-8H. The Kier molecular flexibility index (Phi) is 3.02. The molecule has 0 radical (unpaired) electrons. The number of hydrogen-bond acceptors (Lipinski definition) is 1. The van der Waals surface area contributed by atoms with E-state index in [1.54, 1.807) is 30.3 Å². The summed E-state index contributed by atoms with van der Waals surface area (Å²) in [6.45, 7) is 0. The predicted octanol–water partition coefficient (Wildman–Crippen LogP) is 3.87. The van der Waals surface area contributed by atoms with Gasteiger partial charge in [-0.1, -0.05) is 30.3 Å². The number of hydrogen-bond donors (Lipinski definition) is 0. The van der Waals surface area contributed by atoms with E-state index in [9.17, 15) is 9.18 Å². The molecule has 0 aliphatic heterocycles. The molecule has 0 saturated carbocycles. The SMILES string of the molecule is O=C(Cl)c1ccccc1-c1ccc(F)cc1. The lowest BCUT2D eigenvalue weighted by Gasteiger charge is -2.05. The lowest BCUT2D eigenvalue weighted by molar-refractivity contribution is 0.108. The zero-order valence-corrected chi connectivity index (χ0v) is 9.04. The van der Waals surface area contributed by atoms with Crippen molar-refractivity contribution in [2.75, 3.05) is 0 Å². The molecule has 16 heavy (non-hydrogen) atoms. The number of rotatable bonds is 2. The molecule has 1 nitrogen and oxygen atoms in total. The summed E-state index contributed by atoms with van der Waals surface area (Å²) in [5.41, 5.74) is 1.91. The van der Waals surface area contributed by atoms with E-state index >= 15 is 0 Å². The summed E-state index contributed by atoms with van der Waals surface area (Å²) < 4.78 is 12.8. The molecular weight excluding hydrogens is 227 g/mol. The van der Waals surface area contributed by atoms with Gasteiger partial charge in [0.25, 0.3) is 5.24 Å². The molecule has 0 amide bonds. The van der Waals surface area contributed by atoms with Gasteiger partial charge >= 0.3 is 0 Å². The molecule has 3 heteroatoms. The monoisotopic (exact) mass is 234 g/mol. The van der Waals surface area contributed by atoms with E-state index in [2.05, 4.69) is 0 Å². The molecule has 2 rings (SSSR count). The Labute approximate surface area is 97.5 Å². The Hall–Kier alpha value is -1.67. The second-order valence-electron chi connectivity index (χ2n) is 3.33. The van der Waals surface area contributed by atoms with Gasteiger partial charge in [0.1, 0.15) is 5.82 Å². The van der Waals surface area contributed by atoms with Crippen LogP contribution in [0.5, 0.6) is 0 Å². The third kappa shape index (κ3) is 2.12. The summed E-state index contributed by atoms with van der Waals surface area (Å²) in [6, 6.07) is 12.9. The van der Waals surface area contributed by atoms with E-state index < -0.39 is 5.24 Å². The zero-order chi connectivity index (χ0) is 11.5. The fourth-order valence-corrected chi connectivity index (χ4v) is 1.70. The number of carbonyl (C=O) groups is 1. The van der Waals surface area contributed by atoms with Crippen molar-refractivity contribution in [2.45, 2.75) is 0 Å². The van der Waals surface area contributed by atoms with Gasteiger partial charge < -0.3 is 0 Å². The average molecular weight is 235 g/mol. The molecule has 0 fully saturated rings. The maximum Gasteiger partial charge on any atom is 0.253 e. The summed E-state index contributed by atoms with van der Waals surface area (Å²) in [6.07, 6.45) is 0. The van der Waals surface area contributed by atoms with Crippen LogP contribution in [0.15, 0.2) is 48.5 Å². The molecule has 2 aromatic carbocycles. The fraction of sp³-hybridized carbons (Fsp3) is 0. The summed E-state index contributed by atoms with van der Waals surface area (Å²) in [5.74, 6) is -0.307. The van der Waals surface area contributed by atoms with Crippen LogP contribution in [0.2, 0.25) is 0 Å². The minimum atomic E-state index is -0.514. The Morgan fingerprint density at radius 3 is 2.25 bits per heavy atom. The summed E-state index contributed by atoms with van der Waals surface area (Å²) >= 11 is 5.48. The van der Waals surface area contributed by atoms with Crippen molar-refractivity contribution in [1.29, 1.82) is 0 Å². The van der Waals surface area contributed by atoms with E-state index in [0.29, 0.717) is 11.1 Å². The van der Waals surface area contributed by atoms with E-state index in [1.165, 1.54) is 12.1 Å². The van der Waals surface area contributed by atoms with Gasteiger partial charge in [0, 0.05) is 5.56 Å². The van der Waals surface area contributed by atoms with E-state index in [-0.39, 0.29) is 5.82 Å². The van der Waals surface area contributed by atoms with Gasteiger partial charge in [-0.05, 0) is 40.9 Å². The fourth-order valence-electron chi connectivity index (χ4n) is 1.54. The highest BCUT2D eigenvalue weighted by Crippen LogP contribution is 2.24. The van der Waals surface area contributed by atoms with Crippen LogP contribution in [0.1, 0.15) is 10.4 Å². The first-order valence-corrected chi connectivity index (χ1v) is 5.11. The van der Waals surface area contributed by atoms with Crippen LogP contribution in [0.4, 0.5) is 4.39 Å². The Bertz CT molecular complexity index is 520. The first kappa shape index (κ1) is 10.8. The highest BCUT2D eigenvalue weighted by molar-refractivity contribution is 6.68. The van der Waals surface area contributed by atoms with Gasteiger partial charge in [-0.15, -0.1) is 0 Å². The van der Waals surface area contributed by atoms with E-state index in [1.807, 2.05) is 6.07 Å². The average Bonchev–Trinajstić information content (AvgIpc) is 2.30. The van der Waals surface area contributed by atoms with Crippen molar-refractivity contribution < 1.29 is 9.18 Å². The maximum atomic E-state index is 12.8. The predicted molar refractivity (Wildman–Crippen MR) is 62.0 cm³/mol. The number of benzene rings is 2. The van der Waals surface area contributed by atoms with E-state index in [4.69, 9.17) is 11.6 Å². The molecule has 0 unspecified atom stereocenters. The largest absolute Gasteiger partial charge is 0.276 e. The van der Waals surface area contributed by atoms with Crippen LogP contribution < -0.4 is 0 Å². The topological polar surface area (TPSA) is 17.1 Å². The van der Waals surface area contributed by atoms with Crippen molar-refractivity contribution >= 4 is 16.8 Å². The first-order valence-electron chi connectivity index (χ1n) is 4.73. The molecule has 0 saturated heterocycles. The smallest absolute Gasteiger partial charge is 0.253 e. The van der Waals surface area contributed by atoms with Crippen LogP contribution in [0, 0.1) is 5.82 Å². The normalized spacial score (nSPS) is 10.1. The summed E-state index contributed by atoms with van der Waals surface area (Å²) in [7, 11) is 0. The van der Waals surface area contributed by atoms with Gasteiger partial charge in [-0.3, -0.25) is 4.79 Å². The zero-order valence-electron chi connectivity index (χ0n) is 8.28. The van der Waals surface area contributed by atoms with E-state index in [0.717, 1.165) is 5.56 Å². The van der Waals surface area contributed by atoms with Gasteiger partial charge in [0.2, 0.25) is 0 Å². The Balaban J connectivity index is 2.55. The molecule has 0 N–H and O–H groups in total. The van der Waals surface area contributed by atoms with Crippen molar-refractivity contribution in [1.82, 2.24) is 0 Å². The quantitative estimate of drug-likeness (QED) is 0.721. The van der Waals surface area contributed by atoms with Crippen LogP contribution in [-0.4, -0.2) is 5.24 Å². The molecule has 0 aromatic heterocycles. The number of halogens is 2. The van der Waals surface area contributed by atoms with Crippen LogP contribution in [-0.2, 0) is 0 Å². The van der Waals surface area contributed by atoms with Crippen LogP contribution >= 0.6 is 11.6 Å². The molecular formula is C13H8ClFO. The van der Waals surface area contributed by atoms with Gasteiger partial charge in [0.05, 0.1) is 0 Å². The van der Waals surface area contributed by atoms with Crippen LogP contribution in [0.25, 0.3) is 11.1 Å². The second-order valence-corrected chi connectivity index (χ2v) is 3.67. The summed E-state index contributed by atoms with van der Waals surface area (Å²) in [5, 5.41) is -0.514. The second kappa shape index (κ2) is 4.45. The molecule has 2 aromatic rings. The third-order valence-electron chi connectivity index (χ3n) is 2.29. The molecule has 0 atom stereocenters. The summed E-state index contributed by atoms with van der Waals surface area (Å²) in [4.78, 5) is 11.2. The maximum absolute atomic E-state index is 12.8. The molecule has 0 aliphatic carbocycles. The number of carbonyl (C=O) groups excluding carboxylic acids is 1. The third-order valence-corrected chi connectivity index (χ3v) is 2.50. The molecule has 0 bridgehead atoms. The highest BCUT2D eigenvalue weighted by atomic mass is 35.5. The molecule has 0 aliphatic rings. The molecule has 0 spiro atoms. The van der Waals surface area contributed by atoms with Crippen molar-refractivity contribution in [2.24, 2.45) is 0 Å². The highest BCUT2D eigenvalue weighted by Gasteiger charge is 2.09. The van der Waals surface area contributed by atoms with Crippen molar-refractivity contribution in [3.63, 3.8) is 0 Å². The molecule has 80 valence electrons. The molecule has 0 heterocycles. The minimum Gasteiger partial charge on any atom is -0.276 e. The lowest BCUT2D eigenvalue weighted by atomic mass is 10.0. The van der Waals surface area contributed by atoms with Gasteiger partial charge in [-0.2, -0.15) is 0 Å². The van der Waals surface area contributed by atoms with Crippen molar-refractivity contribution in [3.8, 4) is 11.1 Å². The first-order chi connectivity index (χ1) is 7.68. The van der Waals surface area contributed by atoms with Crippen LogP contribution in [0.3, 0.4) is 0 Å². The minimum absolute atomic E-state index is 0.307. The Morgan fingerprint density at radius 2 is 1.62 bits per heavy atom.